The number of aliphatic hydroxyl groups is 1. The molecular weight excluding hydrogens is 506 g/mol. The van der Waals surface area contributed by atoms with Crippen molar-refractivity contribution in [3.63, 3.8) is 0 Å². The van der Waals surface area contributed by atoms with Gasteiger partial charge in [-0.1, -0.05) is 48.5 Å². The summed E-state index contributed by atoms with van der Waals surface area (Å²) in [5, 5.41) is 11.3. The van der Waals surface area contributed by atoms with Gasteiger partial charge in [-0.15, -0.1) is 0 Å². The second-order valence-corrected chi connectivity index (χ2v) is 10.6. The molecule has 2 aliphatic rings. The maximum atomic E-state index is 14.3. The number of nitrogens with zero attached hydrogens (tertiary/aromatic N) is 3. The van der Waals surface area contributed by atoms with Crippen LogP contribution < -0.4 is 16.0 Å². The summed E-state index contributed by atoms with van der Waals surface area (Å²) >= 11 is 0. The zero-order valence-electron chi connectivity index (χ0n) is 21.5. The molecule has 5 rings (SSSR count). The number of amides is 1. The largest absolute Gasteiger partial charge is 0.437 e. The number of hydrogen-bond acceptors (Lipinski definition) is 6. The zero-order valence-corrected chi connectivity index (χ0v) is 21.5. The van der Waals surface area contributed by atoms with Gasteiger partial charge in [0.05, 0.1) is 12.1 Å². The number of para-hydroxylation sites is 1. The molecule has 1 aromatic heterocycles. The first-order valence-corrected chi connectivity index (χ1v) is 13.2. The van der Waals surface area contributed by atoms with Crippen LogP contribution in [0, 0.1) is 5.92 Å². The van der Waals surface area contributed by atoms with Crippen molar-refractivity contribution in [1.29, 1.82) is 0 Å². The summed E-state index contributed by atoms with van der Waals surface area (Å²) in [5.74, 6) is -3.59. The highest BCUT2D eigenvalue weighted by Crippen LogP contribution is 2.46. The Morgan fingerprint density at radius 3 is 2.36 bits per heavy atom. The van der Waals surface area contributed by atoms with Gasteiger partial charge < -0.3 is 20.5 Å². The van der Waals surface area contributed by atoms with Gasteiger partial charge in [0.1, 0.15) is 12.1 Å². The maximum absolute atomic E-state index is 14.3. The van der Waals surface area contributed by atoms with Gasteiger partial charge in [-0.05, 0) is 37.0 Å². The Morgan fingerprint density at radius 2 is 1.69 bits per heavy atom. The first-order chi connectivity index (χ1) is 18.6. The molecule has 0 unspecified atom stereocenters. The first kappa shape index (κ1) is 26.8. The van der Waals surface area contributed by atoms with Gasteiger partial charge in [0, 0.05) is 37.8 Å². The van der Waals surface area contributed by atoms with Crippen LogP contribution in [0.5, 0.6) is 11.6 Å². The van der Waals surface area contributed by atoms with Gasteiger partial charge in [-0.2, -0.15) is 0 Å². The predicted octanol–water partition coefficient (Wildman–Crippen LogP) is 4.19. The van der Waals surface area contributed by atoms with Gasteiger partial charge in [-0.25, -0.2) is 13.8 Å². The molecule has 2 atom stereocenters. The fourth-order valence-corrected chi connectivity index (χ4v) is 5.62. The summed E-state index contributed by atoms with van der Waals surface area (Å²) in [7, 11) is 0. The molecule has 1 saturated heterocycles. The molecule has 8 nitrogen and oxygen atoms in total. The number of benzene rings is 2. The van der Waals surface area contributed by atoms with Crippen molar-refractivity contribution in [2.45, 2.75) is 56.1 Å². The number of nitrogens with two attached hydrogens (primary N) is 1. The molecule has 1 aliphatic carbocycles. The smallest absolute Gasteiger partial charge is 0.280 e. The number of carbonyl (C=O) groups excluding carboxylic acids is 1. The average Bonchev–Trinajstić information content (AvgIpc) is 2.93. The summed E-state index contributed by atoms with van der Waals surface area (Å²) in [5.41, 5.74) is 4.78. The van der Waals surface area contributed by atoms with Crippen molar-refractivity contribution >= 4 is 11.6 Å². The highest BCUT2D eigenvalue weighted by atomic mass is 19.3. The lowest BCUT2D eigenvalue weighted by Gasteiger charge is -2.42. The fraction of sp³-hybridized carbons (Fsp3) is 0.414. The first-order valence-electron chi connectivity index (χ1n) is 13.2. The summed E-state index contributed by atoms with van der Waals surface area (Å²) in [6.45, 7) is 0.478. The molecular formula is C29H32F2N4O4. The van der Waals surface area contributed by atoms with Crippen LogP contribution in [0.3, 0.4) is 0 Å². The van der Waals surface area contributed by atoms with Crippen molar-refractivity contribution in [3.05, 3.63) is 82.9 Å². The van der Waals surface area contributed by atoms with Gasteiger partial charge in [0.2, 0.25) is 17.7 Å². The number of alkyl halides is 2. The number of hydrogen-bond donors (Lipinski definition) is 2. The van der Waals surface area contributed by atoms with E-state index in [2.05, 4.69) is 4.98 Å². The van der Waals surface area contributed by atoms with Crippen LogP contribution >= 0.6 is 0 Å². The van der Waals surface area contributed by atoms with E-state index in [0.29, 0.717) is 5.75 Å². The minimum absolute atomic E-state index is 0.0131. The third-order valence-corrected chi connectivity index (χ3v) is 7.83. The highest BCUT2D eigenvalue weighted by Gasteiger charge is 2.46. The minimum atomic E-state index is -2.80. The molecule has 10 heteroatoms. The van der Waals surface area contributed by atoms with E-state index in [1.165, 1.54) is 10.9 Å². The van der Waals surface area contributed by atoms with E-state index in [1.807, 2.05) is 12.1 Å². The molecule has 2 aromatic carbocycles. The van der Waals surface area contributed by atoms with Crippen LogP contribution in [0.2, 0.25) is 0 Å². The third-order valence-electron chi connectivity index (χ3n) is 7.83. The minimum Gasteiger partial charge on any atom is -0.437 e. The zero-order chi connectivity index (χ0) is 27.6. The van der Waals surface area contributed by atoms with Crippen LogP contribution in [-0.2, 0) is 11.3 Å². The molecule has 1 amide bonds. The Hall–Kier alpha value is -3.79. The van der Waals surface area contributed by atoms with E-state index in [0.717, 1.165) is 5.56 Å². The van der Waals surface area contributed by atoms with Crippen LogP contribution in [0.25, 0.3) is 0 Å². The van der Waals surface area contributed by atoms with E-state index in [4.69, 9.17) is 10.5 Å². The molecule has 39 heavy (non-hydrogen) atoms. The fourth-order valence-electron chi connectivity index (χ4n) is 5.62. The molecule has 1 aliphatic heterocycles. The normalized spacial score (nSPS) is 22.3. The number of halogens is 2. The highest BCUT2D eigenvalue weighted by molar-refractivity contribution is 5.80. The number of likely N-dealkylation sites (tertiary alicyclic amines) is 1. The predicted molar refractivity (Wildman–Crippen MR) is 142 cm³/mol. The van der Waals surface area contributed by atoms with Crippen molar-refractivity contribution in [2.75, 3.05) is 18.8 Å². The number of carbonyl (C=O) groups is 1. The van der Waals surface area contributed by atoms with Gasteiger partial charge in [0.15, 0.2) is 5.69 Å². The van der Waals surface area contributed by atoms with E-state index >= 15 is 0 Å². The average molecular weight is 539 g/mol. The van der Waals surface area contributed by atoms with E-state index in [-0.39, 0.29) is 69.2 Å². The van der Waals surface area contributed by atoms with Crippen LogP contribution in [0.1, 0.15) is 43.6 Å². The number of aromatic nitrogens is 2. The molecule has 2 fully saturated rings. The quantitative estimate of drug-likeness (QED) is 0.487. The lowest BCUT2D eigenvalue weighted by Crippen LogP contribution is -2.52. The summed E-state index contributed by atoms with van der Waals surface area (Å²) < 4.78 is 35.5. The van der Waals surface area contributed by atoms with Crippen molar-refractivity contribution < 1.29 is 23.4 Å². The summed E-state index contributed by atoms with van der Waals surface area (Å²) in [6, 6.07) is 17.8. The molecule has 0 radical (unpaired) electrons. The van der Waals surface area contributed by atoms with Crippen LogP contribution in [0.4, 0.5) is 14.5 Å². The summed E-state index contributed by atoms with van der Waals surface area (Å²) in [4.78, 5) is 32.2. The number of nitrogen functional groups attached to an aromatic ring is 1. The maximum Gasteiger partial charge on any atom is 0.280 e. The molecule has 0 bridgehead atoms. The molecule has 2 heterocycles. The van der Waals surface area contributed by atoms with Crippen molar-refractivity contribution in [3.8, 4) is 11.6 Å². The Balaban J connectivity index is 1.24. The Labute approximate surface area is 225 Å². The number of anilines is 1. The third kappa shape index (κ3) is 5.95. The number of piperidine rings is 1. The van der Waals surface area contributed by atoms with Crippen LogP contribution in [0.15, 0.2) is 71.8 Å². The molecule has 3 N–H and O–H groups in total. The lowest BCUT2D eigenvalue weighted by atomic mass is 9.73. The Kier molecular flexibility index (Phi) is 7.40. The number of ether oxygens (including phenoxy) is 1. The Bertz CT molecular complexity index is 1360. The topological polar surface area (TPSA) is 111 Å². The molecule has 206 valence electrons. The van der Waals surface area contributed by atoms with E-state index < -0.39 is 28.9 Å². The van der Waals surface area contributed by atoms with E-state index in [1.54, 1.807) is 53.4 Å². The van der Waals surface area contributed by atoms with Gasteiger partial charge in [0.25, 0.3) is 5.56 Å². The van der Waals surface area contributed by atoms with Crippen molar-refractivity contribution in [2.24, 2.45) is 5.92 Å². The molecule has 3 aromatic rings. The van der Waals surface area contributed by atoms with E-state index in [9.17, 15) is 23.5 Å². The number of rotatable bonds is 6. The monoisotopic (exact) mass is 538 g/mol. The second kappa shape index (κ2) is 10.8. The second-order valence-electron chi connectivity index (χ2n) is 10.6. The lowest BCUT2D eigenvalue weighted by molar-refractivity contribution is -0.145. The van der Waals surface area contributed by atoms with Gasteiger partial charge in [-0.3, -0.25) is 14.2 Å². The molecule has 0 spiro atoms. The van der Waals surface area contributed by atoms with Crippen molar-refractivity contribution in [1.82, 2.24) is 14.5 Å². The van der Waals surface area contributed by atoms with Gasteiger partial charge >= 0.3 is 0 Å². The SMILES string of the molecule is Nc1c(Oc2ccccc2)ncn(CC2(O)CCN(C(=O)[C@@H]3CCC(F)(F)C[C@H]3c3ccccc3)CC2)c1=O. The van der Waals surface area contributed by atoms with Crippen LogP contribution in [-0.4, -0.2) is 50.1 Å². The Morgan fingerprint density at radius 1 is 1.05 bits per heavy atom. The summed E-state index contributed by atoms with van der Waals surface area (Å²) in [6.07, 6.45) is 1.19. The molecule has 1 saturated carbocycles. The standard InChI is InChI=1S/C29H32F2N4O4/c30-29(31)12-11-22(23(17-29)20-7-3-1-4-8-20)26(36)34-15-13-28(38,14-16-34)18-35-19-33-25(24(32)27(35)37)39-21-9-5-2-6-10-21/h1-10,19,22-23,38H,11-18,32H2/t22-,23+/m1/s1.